The van der Waals surface area contributed by atoms with Crippen molar-refractivity contribution in [3.05, 3.63) is 0 Å². The molecule has 2 atom stereocenters. The average Bonchev–Trinajstić information content (AvgIpc) is 2.19. The molecule has 0 spiro atoms. The fourth-order valence-electron chi connectivity index (χ4n) is 2.35. The van der Waals surface area contributed by atoms with Gasteiger partial charge in [0, 0.05) is 31.9 Å². The van der Waals surface area contributed by atoms with Crippen LogP contribution in [0.5, 0.6) is 0 Å². The molecule has 1 N–H and O–H groups in total. The molecule has 0 aromatic rings. The van der Waals surface area contributed by atoms with Gasteiger partial charge in [-0.2, -0.15) is 0 Å². The SMILES string of the molecule is CC1CC(NC2CCOCC2)CCO1. The van der Waals surface area contributed by atoms with Crippen molar-refractivity contribution in [2.75, 3.05) is 19.8 Å². The third-order valence-electron chi connectivity index (χ3n) is 3.18. The second kappa shape index (κ2) is 5.10. The highest BCUT2D eigenvalue weighted by Crippen LogP contribution is 2.16. The predicted molar refractivity (Wildman–Crippen MR) is 55.4 cm³/mol. The summed E-state index contributed by atoms with van der Waals surface area (Å²) in [6, 6.07) is 1.35. The van der Waals surface area contributed by atoms with Crippen LogP contribution in [0.4, 0.5) is 0 Å². The lowest BCUT2D eigenvalue weighted by Gasteiger charge is -2.33. The van der Waals surface area contributed by atoms with Crippen LogP contribution in [0.1, 0.15) is 32.6 Å². The van der Waals surface area contributed by atoms with Gasteiger partial charge in [-0.25, -0.2) is 0 Å². The maximum Gasteiger partial charge on any atom is 0.0561 e. The van der Waals surface area contributed by atoms with Crippen molar-refractivity contribution in [3.63, 3.8) is 0 Å². The first-order valence-electron chi connectivity index (χ1n) is 5.80. The van der Waals surface area contributed by atoms with Gasteiger partial charge in [-0.1, -0.05) is 0 Å². The highest BCUT2D eigenvalue weighted by atomic mass is 16.5. The lowest BCUT2D eigenvalue weighted by atomic mass is 10.0. The maximum absolute atomic E-state index is 5.53. The molecular formula is C11H21NO2. The van der Waals surface area contributed by atoms with E-state index >= 15 is 0 Å². The van der Waals surface area contributed by atoms with Crippen LogP contribution in [0.3, 0.4) is 0 Å². The van der Waals surface area contributed by atoms with Crippen molar-refractivity contribution in [2.24, 2.45) is 0 Å². The molecule has 0 aromatic heterocycles. The van der Waals surface area contributed by atoms with Crippen LogP contribution in [0.2, 0.25) is 0 Å². The number of hydrogen-bond donors (Lipinski definition) is 1. The smallest absolute Gasteiger partial charge is 0.0561 e. The molecule has 14 heavy (non-hydrogen) atoms. The van der Waals surface area contributed by atoms with E-state index in [9.17, 15) is 0 Å². The summed E-state index contributed by atoms with van der Waals surface area (Å²) in [7, 11) is 0. The molecule has 0 aliphatic carbocycles. The third-order valence-corrected chi connectivity index (χ3v) is 3.18. The summed E-state index contributed by atoms with van der Waals surface area (Å²) in [6.07, 6.45) is 5.11. The predicted octanol–water partition coefficient (Wildman–Crippen LogP) is 1.32. The Labute approximate surface area is 86.2 Å². The Hall–Kier alpha value is -0.120. The summed E-state index contributed by atoms with van der Waals surface area (Å²) >= 11 is 0. The highest BCUT2D eigenvalue weighted by molar-refractivity contribution is 4.80. The molecule has 2 saturated heterocycles. The second-order valence-electron chi connectivity index (χ2n) is 4.46. The Balaban J connectivity index is 1.72. The molecule has 2 rings (SSSR count). The van der Waals surface area contributed by atoms with Gasteiger partial charge in [-0.05, 0) is 32.6 Å². The molecule has 2 aliphatic heterocycles. The second-order valence-corrected chi connectivity index (χ2v) is 4.46. The summed E-state index contributed by atoms with van der Waals surface area (Å²) in [4.78, 5) is 0. The van der Waals surface area contributed by atoms with Crippen molar-refractivity contribution >= 4 is 0 Å². The molecule has 0 bridgehead atoms. The first-order valence-corrected chi connectivity index (χ1v) is 5.80. The summed E-state index contributed by atoms with van der Waals surface area (Å²) in [5, 5.41) is 3.73. The largest absolute Gasteiger partial charge is 0.381 e. The molecule has 3 nitrogen and oxygen atoms in total. The zero-order chi connectivity index (χ0) is 9.80. The first kappa shape index (κ1) is 10.4. The number of rotatable bonds is 2. The van der Waals surface area contributed by atoms with Gasteiger partial charge in [0.25, 0.3) is 0 Å². The molecular weight excluding hydrogens is 178 g/mol. The van der Waals surface area contributed by atoms with Crippen molar-refractivity contribution in [1.82, 2.24) is 5.32 Å². The van der Waals surface area contributed by atoms with Gasteiger partial charge in [0.2, 0.25) is 0 Å². The van der Waals surface area contributed by atoms with Crippen molar-refractivity contribution in [3.8, 4) is 0 Å². The van der Waals surface area contributed by atoms with Gasteiger partial charge in [0.1, 0.15) is 0 Å². The topological polar surface area (TPSA) is 30.5 Å². The fourth-order valence-corrected chi connectivity index (χ4v) is 2.35. The lowest BCUT2D eigenvalue weighted by Crippen LogP contribution is -2.45. The average molecular weight is 199 g/mol. The molecule has 2 aliphatic rings. The van der Waals surface area contributed by atoms with E-state index < -0.39 is 0 Å². The molecule has 2 unspecified atom stereocenters. The summed E-state index contributed by atoms with van der Waals surface area (Å²) < 4.78 is 10.9. The van der Waals surface area contributed by atoms with Gasteiger partial charge >= 0.3 is 0 Å². The Morgan fingerprint density at radius 3 is 2.43 bits per heavy atom. The first-order chi connectivity index (χ1) is 6.84. The quantitative estimate of drug-likeness (QED) is 0.727. The Morgan fingerprint density at radius 2 is 1.71 bits per heavy atom. The van der Waals surface area contributed by atoms with Crippen LogP contribution in [-0.4, -0.2) is 38.0 Å². The molecule has 3 heteroatoms. The van der Waals surface area contributed by atoms with E-state index in [1.807, 2.05) is 0 Å². The van der Waals surface area contributed by atoms with E-state index in [2.05, 4.69) is 12.2 Å². The van der Waals surface area contributed by atoms with Crippen LogP contribution < -0.4 is 5.32 Å². The van der Waals surface area contributed by atoms with Gasteiger partial charge in [-0.15, -0.1) is 0 Å². The number of nitrogens with one attached hydrogen (secondary N) is 1. The minimum atomic E-state index is 0.432. The van der Waals surface area contributed by atoms with E-state index in [1.54, 1.807) is 0 Å². The van der Waals surface area contributed by atoms with Gasteiger partial charge in [0.05, 0.1) is 6.10 Å². The Morgan fingerprint density at radius 1 is 1.00 bits per heavy atom. The van der Waals surface area contributed by atoms with E-state index in [0.29, 0.717) is 18.2 Å². The van der Waals surface area contributed by atoms with Crippen molar-refractivity contribution in [1.29, 1.82) is 0 Å². The van der Waals surface area contributed by atoms with Crippen LogP contribution >= 0.6 is 0 Å². The van der Waals surface area contributed by atoms with E-state index in [-0.39, 0.29) is 0 Å². The highest BCUT2D eigenvalue weighted by Gasteiger charge is 2.22. The zero-order valence-corrected chi connectivity index (χ0v) is 9.00. The molecule has 82 valence electrons. The normalized spacial score (nSPS) is 35.8. The minimum absolute atomic E-state index is 0.432. The molecule has 0 radical (unpaired) electrons. The van der Waals surface area contributed by atoms with E-state index in [1.165, 1.54) is 19.3 Å². The van der Waals surface area contributed by atoms with Crippen LogP contribution in [-0.2, 0) is 9.47 Å². The van der Waals surface area contributed by atoms with Gasteiger partial charge < -0.3 is 14.8 Å². The summed E-state index contributed by atoms with van der Waals surface area (Å²) in [6.45, 7) is 4.94. The van der Waals surface area contributed by atoms with Gasteiger partial charge in [-0.3, -0.25) is 0 Å². The monoisotopic (exact) mass is 199 g/mol. The lowest BCUT2D eigenvalue weighted by molar-refractivity contribution is 0.00560. The number of hydrogen-bond acceptors (Lipinski definition) is 3. The molecule has 0 saturated carbocycles. The molecule has 2 heterocycles. The fraction of sp³-hybridized carbons (Fsp3) is 1.00. The standard InChI is InChI=1S/C11H21NO2/c1-9-8-11(4-7-14-9)12-10-2-5-13-6-3-10/h9-12H,2-8H2,1H3. The Kier molecular flexibility index (Phi) is 3.79. The minimum Gasteiger partial charge on any atom is -0.381 e. The Bertz CT molecular complexity index is 169. The summed E-state index contributed by atoms with van der Waals surface area (Å²) in [5.74, 6) is 0. The summed E-state index contributed by atoms with van der Waals surface area (Å²) in [5.41, 5.74) is 0. The number of ether oxygens (including phenoxy) is 2. The third kappa shape index (κ3) is 2.94. The van der Waals surface area contributed by atoms with Crippen molar-refractivity contribution < 1.29 is 9.47 Å². The molecule has 0 aromatic carbocycles. The molecule has 2 fully saturated rings. The van der Waals surface area contributed by atoms with E-state index in [0.717, 1.165) is 26.2 Å². The van der Waals surface area contributed by atoms with Crippen LogP contribution in [0.15, 0.2) is 0 Å². The van der Waals surface area contributed by atoms with Crippen LogP contribution in [0, 0.1) is 0 Å². The zero-order valence-electron chi connectivity index (χ0n) is 9.00. The molecule has 0 amide bonds. The van der Waals surface area contributed by atoms with Crippen LogP contribution in [0.25, 0.3) is 0 Å². The van der Waals surface area contributed by atoms with Gasteiger partial charge in [0.15, 0.2) is 0 Å². The van der Waals surface area contributed by atoms with E-state index in [4.69, 9.17) is 9.47 Å². The van der Waals surface area contributed by atoms with Crippen molar-refractivity contribution in [2.45, 2.75) is 50.8 Å². The maximum atomic E-state index is 5.53.